The molecule has 1 aliphatic carbocycles. The van der Waals surface area contributed by atoms with Crippen LogP contribution in [0.3, 0.4) is 0 Å². The lowest BCUT2D eigenvalue weighted by molar-refractivity contribution is 0.0905. The van der Waals surface area contributed by atoms with Gasteiger partial charge in [0.15, 0.2) is 0 Å². The minimum atomic E-state index is -0.0475. The molecule has 0 aromatic heterocycles. The molecule has 1 aromatic rings. The number of benzene rings is 1. The zero-order chi connectivity index (χ0) is 13.8. The van der Waals surface area contributed by atoms with Crippen LogP contribution in [0.5, 0.6) is 0 Å². The maximum atomic E-state index is 12.2. The van der Waals surface area contributed by atoms with E-state index in [4.69, 9.17) is 17.3 Å². The second kappa shape index (κ2) is 6.29. The predicted molar refractivity (Wildman–Crippen MR) is 79.4 cm³/mol. The van der Waals surface area contributed by atoms with Gasteiger partial charge in [-0.1, -0.05) is 37.8 Å². The fraction of sp³-hybridized carbons (Fsp3) is 0.533. The number of nitrogen functional groups attached to an aromatic ring is 1. The topological polar surface area (TPSA) is 55.1 Å². The Kier molecular flexibility index (Phi) is 4.70. The highest BCUT2D eigenvalue weighted by atomic mass is 35.5. The summed E-state index contributed by atoms with van der Waals surface area (Å²) in [4.78, 5) is 12.2. The van der Waals surface area contributed by atoms with E-state index < -0.39 is 0 Å². The van der Waals surface area contributed by atoms with Crippen molar-refractivity contribution in [3.8, 4) is 0 Å². The number of hydrogen-bond acceptors (Lipinski definition) is 2. The van der Waals surface area contributed by atoms with Gasteiger partial charge in [0.2, 0.25) is 0 Å². The molecule has 0 bridgehead atoms. The highest BCUT2D eigenvalue weighted by Gasteiger charge is 2.25. The van der Waals surface area contributed by atoms with Gasteiger partial charge < -0.3 is 11.1 Å². The van der Waals surface area contributed by atoms with Crippen molar-refractivity contribution in [3.05, 3.63) is 28.8 Å². The van der Waals surface area contributed by atoms with Crippen molar-refractivity contribution in [2.75, 3.05) is 5.73 Å². The number of nitrogens with one attached hydrogen (secondary N) is 1. The van der Waals surface area contributed by atoms with Gasteiger partial charge >= 0.3 is 0 Å². The monoisotopic (exact) mass is 280 g/mol. The van der Waals surface area contributed by atoms with Crippen LogP contribution in [-0.2, 0) is 0 Å². The van der Waals surface area contributed by atoms with Crippen molar-refractivity contribution < 1.29 is 4.79 Å². The van der Waals surface area contributed by atoms with Gasteiger partial charge in [0.05, 0.1) is 10.7 Å². The van der Waals surface area contributed by atoms with E-state index in [0.717, 1.165) is 12.8 Å². The van der Waals surface area contributed by atoms with Crippen molar-refractivity contribution in [3.63, 3.8) is 0 Å². The Morgan fingerprint density at radius 1 is 1.42 bits per heavy atom. The molecule has 2 atom stereocenters. The Morgan fingerprint density at radius 3 is 2.84 bits per heavy atom. The van der Waals surface area contributed by atoms with Crippen LogP contribution < -0.4 is 11.1 Å². The number of hydrogen-bond donors (Lipinski definition) is 2. The summed E-state index contributed by atoms with van der Waals surface area (Å²) in [6, 6.07) is 5.33. The molecule has 3 nitrogen and oxygen atoms in total. The number of carbonyl (C=O) groups is 1. The lowest BCUT2D eigenvalue weighted by atomic mass is 9.83. The van der Waals surface area contributed by atoms with E-state index in [9.17, 15) is 4.79 Å². The highest BCUT2D eigenvalue weighted by Crippen LogP contribution is 2.27. The molecule has 1 aromatic carbocycles. The summed E-state index contributed by atoms with van der Waals surface area (Å²) < 4.78 is 0. The van der Waals surface area contributed by atoms with Crippen LogP contribution in [0.1, 0.15) is 49.4 Å². The second-order valence-electron chi connectivity index (χ2n) is 5.27. The number of halogens is 1. The van der Waals surface area contributed by atoms with Crippen molar-refractivity contribution in [2.24, 2.45) is 5.92 Å². The number of anilines is 1. The minimum absolute atomic E-state index is 0.0475. The predicted octanol–water partition coefficient (Wildman–Crippen LogP) is 3.62. The first-order chi connectivity index (χ1) is 9.11. The number of amides is 1. The number of carbonyl (C=O) groups excluding carboxylic acids is 1. The van der Waals surface area contributed by atoms with E-state index in [1.165, 1.54) is 19.3 Å². The molecular weight excluding hydrogens is 260 g/mol. The van der Waals surface area contributed by atoms with Gasteiger partial charge in [0.1, 0.15) is 0 Å². The largest absolute Gasteiger partial charge is 0.398 e. The van der Waals surface area contributed by atoms with Crippen molar-refractivity contribution in [1.82, 2.24) is 5.32 Å². The summed E-state index contributed by atoms with van der Waals surface area (Å²) in [7, 11) is 0. The first-order valence-corrected chi connectivity index (χ1v) is 7.35. The van der Waals surface area contributed by atoms with Crippen LogP contribution in [-0.4, -0.2) is 11.9 Å². The molecule has 0 saturated heterocycles. The molecule has 1 amide bonds. The van der Waals surface area contributed by atoms with Gasteiger partial charge in [-0.2, -0.15) is 0 Å². The molecule has 1 aliphatic rings. The Bertz CT molecular complexity index is 461. The lowest BCUT2D eigenvalue weighted by Crippen LogP contribution is -2.41. The highest BCUT2D eigenvalue weighted by molar-refractivity contribution is 6.33. The summed E-state index contributed by atoms with van der Waals surface area (Å²) in [5.41, 5.74) is 6.77. The van der Waals surface area contributed by atoms with Crippen molar-refractivity contribution in [1.29, 1.82) is 0 Å². The molecule has 1 saturated carbocycles. The summed E-state index contributed by atoms with van der Waals surface area (Å²) in [5.74, 6) is 0.552. The molecule has 104 valence electrons. The summed E-state index contributed by atoms with van der Waals surface area (Å²) in [6.45, 7) is 2.19. The van der Waals surface area contributed by atoms with Crippen molar-refractivity contribution in [2.45, 2.75) is 45.1 Å². The summed E-state index contributed by atoms with van der Waals surface area (Å²) in [5, 5.41) is 3.63. The lowest BCUT2D eigenvalue weighted by Gasteiger charge is -2.31. The van der Waals surface area contributed by atoms with Gasteiger partial charge in [-0.15, -0.1) is 0 Å². The second-order valence-corrected chi connectivity index (χ2v) is 5.68. The fourth-order valence-corrected chi connectivity index (χ4v) is 2.94. The third-order valence-electron chi connectivity index (χ3n) is 4.01. The third kappa shape index (κ3) is 3.41. The average Bonchev–Trinajstić information content (AvgIpc) is 2.42. The Morgan fingerprint density at radius 2 is 2.16 bits per heavy atom. The van der Waals surface area contributed by atoms with Crippen LogP contribution in [0.4, 0.5) is 5.69 Å². The van der Waals surface area contributed by atoms with E-state index in [1.54, 1.807) is 18.2 Å². The number of nitrogens with two attached hydrogens (primary N) is 1. The smallest absolute Gasteiger partial charge is 0.251 e. The van der Waals surface area contributed by atoms with Crippen LogP contribution in [0.15, 0.2) is 18.2 Å². The zero-order valence-corrected chi connectivity index (χ0v) is 12.0. The maximum absolute atomic E-state index is 12.2. The first-order valence-electron chi connectivity index (χ1n) is 6.97. The Balaban J connectivity index is 2.05. The molecule has 0 spiro atoms. The van der Waals surface area contributed by atoms with E-state index in [-0.39, 0.29) is 5.91 Å². The molecular formula is C15H21ClN2O. The summed E-state index contributed by atoms with van der Waals surface area (Å²) in [6.07, 6.45) is 5.88. The van der Waals surface area contributed by atoms with E-state index in [2.05, 4.69) is 12.2 Å². The first kappa shape index (κ1) is 14.2. The zero-order valence-electron chi connectivity index (χ0n) is 11.3. The molecule has 4 heteroatoms. The molecule has 3 N–H and O–H groups in total. The average molecular weight is 281 g/mol. The quantitative estimate of drug-likeness (QED) is 0.831. The SMILES string of the molecule is CCC1CCCCC1NC(=O)c1ccc(Cl)c(N)c1. The van der Waals surface area contributed by atoms with Crippen molar-refractivity contribution >= 4 is 23.2 Å². The molecule has 2 rings (SSSR count). The third-order valence-corrected chi connectivity index (χ3v) is 4.35. The molecule has 1 fully saturated rings. The van der Waals surface area contributed by atoms with E-state index >= 15 is 0 Å². The van der Waals surface area contributed by atoms with Gasteiger partial charge in [0.25, 0.3) is 5.91 Å². The van der Waals surface area contributed by atoms with E-state index in [1.807, 2.05) is 0 Å². The Hall–Kier alpha value is -1.22. The van der Waals surface area contributed by atoms with E-state index in [0.29, 0.717) is 28.2 Å². The van der Waals surface area contributed by atoms with Crippen LogP contribution >= 0.6 is 11.6 Å². The van der Waals surface area contributed by atoms with Gasteiger partial charge in [-0.25, -0.2) is 0 Å². The Labute approximate surface area is 119 Å². The summed E-state index contributed by atoms with van der Waals surface area (Å²) >= 11 is 5.87. The van der Waals surface area contributed by atoms with Gasteiger partial charge in [-0.3, -0.25) is 4.79 Å². The molecule has 0 heterocycles. The molecule has 0 radical (unpaired) electrons. The maximum Gasteiger partial charge on any atom is 0.251 e. The van der Waals surface area contributed by atoms with Crippen LogP contribution in [0.25, 0.3) is 0 Å². The minimum Gasteiger partial charge on any atom is -0.398 e. The standard InChI is InChI=1S/C15H21ClN2O/c1-2-10-5-3-4-6-14(10)18-15(19)11-7-8-12(16)13(17)9-11/h7-10,14H,2-6,17H2,1H3,(H,18,19). The molecule has 0 aliphatic heterocycles. The van der Waals surface area contributed by atoms with Gasteiger partial charge in [-0.05, 0) is 37.0 Å². The van der Waals surface area contributed by atoms with Crippen LogP contribution in [0.2, 0.25) is 5.02 Å². The van der Waals surface area contributed by atoms with Crippen LogP contribution in [0, 0.1) is 5.92 Å². The molecule has 2 unspecified atom stereocenters. The number of rotatable bonds is 3. The normalized spacial score (nSPS) is 23.1. The fourth-order valence-electron chi connectivity index (χ4n) is 2.82. The van der Waals surface area contributed by atoms with Gasteiger partial charge in [0, 0.05) is 11.6 Å². The molecule has 19 heavy (non-hydrogen) atoms.